The normalized spacial score (nSPS) is 18.5. The van der Waals surface area contributed by atoms with Gasteiger partial charge >= 0.3 is 0 Å². The number of hydrogen-bond donors (Lipinski definition) is 3. The van der Waals surface area contributed by atoms with Gasteiger partial charge < -0.3 is 15.4 Å². The number of rotatable bonds is 7. The SMILES string of the molecule is O=C(CNCl)NC1CCC(NC(=O)c2cc(F)cnc2Oc2ccc(F)cc2)CC1. The molecule has 2 amide bonds. The van der Waals surface area contributed by atoms with E-state index in [4.69, 9.17) is 16.5 Å². The van der Waals surface area contributed by atoms with Crippen molar-refractivity contribution in [2.75, 3.05) is 6.54 Å². The fraction of sp³-hybridized carbons (Fsp3) is 0.350. The fourth-order valence-electron chi connectivity index (χ4n) is 3.27. The molecule has 0 radical (unpaired) electrons. The van der Waals surface area contributed by atoms with Crippen molar-refractivity contribution in [3.8, 4) is 11.6 Å². The molecular formula is C20H21ClF2N4O3. The minimum atomic E-state index is -0.675. The van der Waals surface area contributed by atoms with Crippen molar-refractivity contribution in [2.45, 2.75) is 37.8 Å². The van der Waals surface area contributed by atoms with E-state index in [0.29, 0.717) is 25.7 Å². The van der Waals surface area contributed by atoms with Crippen LogP contribution in [0, 0.1) is 11.6 Å². The number of amides is 2. The van der Waals surface area contributed by atoms with Gasteiger partial charge in [-0.1, -0.05) is 0 Å². The van der Waals surface area contributed by atoms with Crippen LogP contribution in [0.25, 0.3) is 0 Å². The van der Waals surface area contributed by atoms with Crippen molar-refractivity contribution in [3.05, 3.63) is 53.7 Å². The number of hydrogen-bond acceptors (Lipinski definition) is 5. The van der Waals surface area contributed by atoms with E-state index < -0.39 is 17.5 Å². The molecular weight excluding hydrogens is 418 g/mol. The Morgan fingerprint density at radius 1 is 1.03 bits per heavy atom. The largest absolute Gasteiger partial charge is 0.438 e. The first-order valence-corrected chi connectivity index (χ1v) is 9.85. The van der Waals surface area contributed by atoms with Crippen molar-refractivity contribution < 1.29 is 23.1 Å². The lowest BCUT2D eigenvalue weighted by Crippen LogP contribution is -2.45. The molecule has 0 spiro atoms. The van der Waals surface area contributed by atoms with Crippen LogP contribution in [-0.2, 0) is 4.79 Å². The van der Waals surface area contributed by atoms with Crippen LogP contribution in [0.3, 0.4) is 0 Å². The Balaban J connectivity index is 1.61. The van der Waals surface area contributed by atoms with Crippen molar-refractivity contribution in [2.24, 2.45) is 0 Å². The summed E-state index contributed by atoms with van der Waals surface area (Å²) in [4.78, 5) is 30.4. The summed E-state index contributed by atoms with van der Waals surface area (Å²) in [6, 6.07) is 6.13. The van der Waals surface area contributed by atoms with Gasteiger partial charge in [-0.25, -0.2) is 18.6 Å². The third-order valence-electron chi connectivity index (χ3n) is 4.75. The number of ether oxygens (including phenoxy) is 1. The predicted octanol–water partition coefficient (Wildman–Crippen LogP) is 3.05. The molecule has 0 atom stereocenters. The minimum Gasteiger partial charge on any atom is -0.438 e. The second-order valence-electron chi connectivity index (χ2n) is 6.96. The summed E-state index contributed by atoms with van der Waals surface area (Å²) in [5, 5.41) is 5.73. The number of aromatic nitrogens is 1. The highest BCUT2D eigenvalue weighted by Crippen LogP contribution is 2.25. The maximum atomic E-state index is 13.7. The molecule has 1 fully saturated rings. The second-order valence-corrected chi connectivity index (χ2v) is 7.23. The van der Waals surface area contributed by atoms with E-state index in [1.165, 1.54) is 24.3 Å². The number of pyridine rings is 1. The summed E-state index contributed by atoms with van der Waals surface area (Å²) >= 11 is 5.32. The Labute approximate surface area is 177 Å². The van der Waals surface area contributed by atoms with E-state index in [1.54, 1.807) is 0 Å². The molecule has 1 aliphatic rings. The molecule has 1 saturated carbocycles. The first kappa shape index (κ1) is 21.9. The van der Waals surface area contributed by atoms with E-state index in [1.807, 2.05) is 0 Å². The molecule has 2 aromatic rings. The first-order valence-electron chi connectivity index (χ1n) is 9.47. The van der Waals surface area contributed by atoms with Crippen LogP contribution in [0.4, 0.5) is 8.78 Å². The smallest absolute Gasteiger partial charge is 0.257 e. The summed E-state index contributed by atoms with van der Waals surface area (Å²) in [6.45, 7) is 0.0294. The van der Waals surface area contributed by atoms with Crippen molar-refractivity contribution >= 4 is 23.6 Å². The van der Waals surface area contributed by atoms with Crippen LogP contribution in [0.5, 0.6) is 11.6 Å². The van der Waals surface area contributed by atoms with Gasteiger partial charge in [0, 0.05) is 12.1 Å². The topological polar surface area (TPSA) is 92.4 Å². The van der Waals surface area contributed by atoms with Gasteiger partial charge in [0.1, 0.15) is 22.9 Å². The first-order chi connectivity index (χ1) is 14.4. The molecule has 1 heterocycles. The van der Waals surface area contributed by atoms with E-state index in [0.717, 1.165) is 12.3 Å². The van der Waals surface area contributed by atoms with E-state index in [9.17, 15) is 18.4 Å². The molecule has 0 unspecified atom stereocenters. The van der Waals surface area contributed by atoms with Crippen LogP contribution in [-0.4, -0.2) is 35.4 Å². The highest BCUT2D eigenvalue weighted by molar-refractivity contribution is 6.14. The zero-order valence-corrected chi connectivity index (χ0v) is 16.7. The van der Waals surface area contributed by atoms with E-state index >= 15 is 0 Å². The number of halogens is 3. The van der Waals surface area contributed by atoms with Gasteiger partial charge in [0.15, 0.2) is 0 Å². The maximum absolute atomic E-state index is 13.7. The van der Waals surface area contributed by atoms with Gasteiger partial charge in [0.05, 0.1) is 12.7 Å². The van der Waals surface area contributed by atoms with Gasteiger partial charge in [0.2, 0.25) is 11.8 Å². The average Bonchev–Trinajstić information content (AvgIpc) is 2.72. The standard InChI is InChI=1S/C20H21ClF2N4O3/c21-25-11-18(28)26-14-3-5-15(6-4-14)27-19(29)17-9-13(23)10-24-20(17)30-16-7-1-12(22)2-8-16/h1-2,7-10,14-15,25H,3-6,11H2,(H,26,28)(H,27,29). The fourth-order valence-corrected chi connectivity index (χ4v) is 3.39. The molecule has 160 valence electrons. The number of nitrogens with zero attached hydrogens (tertiary/aromatic N) is 1. The molecule has 0 aliphatic heterocycles. The molecule has 30 heavy (non-hydrogen) atoms. The number of carbonyl (C=O) groups excluding carboxylic acids is 2. The number of carbonyl (C=O) groups is 2. The zero-order valence-electron chi connectivity index (χ0n) is 16.0. The molecule has 1 aliphatic carbocycles. The molecule has 0 saturated heterocycles. The lowest BCUT2D eigenvalue weighted by Gasteiger charge is -2.29. The maximum Gasteiger partial charge on any atom is 0.257 e. The predicted molar refractivity (Wildman–Crippen MR) is 106 cm³/mol. The lowest BCUT2D eigenvalue weighted by atomic mass is 9.91. The van der Waals surface area contributed by atoms with Gasteiger partial charge in [-0.05, 0) is 67.8 Å². The summed E-state index contributed by atoms with van der Waals surface area (Å²) in [5.41, 5.74) is -0.0528. The Bertz CT molecular complexity index is 890. The monoisotopic (exact) mass is 438 g/mol. The van der Waals surface area contributed by atoms with E-state index in [-0.39, 0.29) is 41.7 Å². The quantitative estimate of drug-likeness (QED) is 0.578. The van der Waals surface area contributed by atoms with Crippen molar-refractivity contribution in [1.29, 1.82) is 0 Å². The average molecular weight is 439 g/mol. The summed E-state index contributed by atoms with van der Waals surface area (Å²) in [6.07, 6.45) is 3.64. The molecule has 0 bridgehead atoms. The second kappa shape index (κ2) is 10.3. The lowest BCUT2D eigenvalue weighted by molar-refractivity contribution is -0.120. The van der Waals surface area contributed by atoms with Crippen LogP contribution in [0.1, 0.15) is 36.0 Å². The molecule has 3 N–H and O–H groups in total. The molecule has 1 aromatic heterocycles. The number of nitrogens with one attached hydrogen (secondary N) is 3. The molecule has 1 aromatic carbocycles. The van der Waals surface area contributed by atoms with Gasteiger partial charge in [-0.3, -0.25) is 9.59 Å². The van der Waals surface area contributed by atoms with Crippen LogP contribution >= 0.6 is 11.8 Å². The highest BCUT2D eigenvalue weighted by atomic mass is 35.5. The molecule has 7 nitrogen and oxygen atoms in total. The third kappa shape index (κ3) is 6.11. The summed E-state index contributed by atoms with van der Waals surface area (Å²) in [5.74, 6) is -1.62. The van der Waals surface area contributed by atoms with Gasteiger partial charge in [-0.15, -0.1) is 0 Å². The summed E-state index contributed by atoms with van der Waals surface area (Å²) < 4.78 is 32.3. The Hall–Kier alpha value is -2.78. The van der Waals surface area contributed by atoms with Crippen LogP contribution < -0.4 is 20.2 Å². The van der Waals surface area contributed by atoms with Crippen molar-refractivity contribution in [1.82, 2.24) is 20.5 Å². The molecule has 10 heteroatoms. The van der Waals surface area contributed by atoms with Gasteiger partial charge in [-0.2, -0.15) is 0 Å². The number of benzene rings is 1. The van der Waals surface area contributed by atoms with Gasteiger partial charge in [0.25, 0.3) is 5.91 Å². The van der Waals surface area contributed by atoms with Crippen LogP contribution in [0.15, 0.2) is 36.5 Å². The Morgan fingerprint density at radius 2 is 1.67 bits per heavy atom. The van der Waals surface area contributed by atoms with E-state index in [2.05, 4.69) is 20.5 Å². The van der Waals surface area contributed by atoms with Crippen molar-refractivity contribution in [3.63, 3.8) is 0 Å². The minimum absolute atomic E-state index is 0.0175. The Kier molecular flexibility index (Phi) is 7.53. The Morgan fingerprint density at radius 3 is 2.30 bits per heavy atom. The molecule has 3 rings (SSSR count). The summed E-state index contributed by atoms with van der Waals surface area (Å²) in [7, 11) is 0. The zero-order chi connectivity index (χ0) is 21.5. The highest BCUT2D eigenvalue weighted by Gasteiger charge is 2.25. The third-order valence-corrected chi connectivity index (χ3v) is 4.88. The van der Waals surface area contributed by atoms with Crippen LogP contribution in [0.2, 0.25) is 0 Å².